The van der Waals surface area contributed by atoms with Crippen LogP contribution < -0.4 is 10.6 Å². The van der Waals surface area contributed by atoms with Crippen LogP contribution in [0.3, 0.4) is 0 Å². The number of rotatable bonds is 7. The molecule has 0 saturated heterocycles. The molecule has 1 aliphatic carbocycles. The van der Waals surface area contributed by atoms with Crippen LogP contribution in [0, 0.1) is 17.8 Å². The lowest BCUT2D eigenvalue weighted by molar-refractivity contribution is -0.138. The number of hydrogen-bond donors (Lipinski definition) is 3. The number of aliphatic carboxylic acids is 1. The summed E-state index contributed by atoms with van der Waals surface area (Å²) < 4.78 is 0. The molecule has 3 unspecified atom stereocenters. The lowest BCUT2D eigenvalue weighted by atomic mass is 9.94. The summed E-state index contributed by atoms with van der Waals surface area (Å²) in [5.74, 6) is 0.201. The normalized spacial score (nSPS) is 23.6. The molecule has 1 rings (SSSR count). The fraction of sp³-hybridized carbons (Fsp3) is 0.846. The maximum absolute atomic E-state index is 11.5. The van der Waals surface area contributed by atoms with Crippen molar-refractivity contribution in [2.45, 2.75) is 46.1 Å². The summed E-state index contributed by atoms with van der Waals surface area (Å²) in [6, 6.07) is 0.122. The van der Waals surface area contributed by atoms with Gasteiger partial charge in [0.15, 0.2) is 0 Å². The Morgan fingerprint density at radius 3 is 2.44 bits per heavy atom. The van der Waals surface area contributed by atoms with E-state index in [-0.39, 0.29) is 18.4 Å². The number of hydrogen-bond acceptors (Lipinski definition) is 2. The smallest absolute Gasteiger partial charge is 0.315 e. The maximum Gasteiger partial charge on any atom is 0.315 e. The van der Waals surface area contributed by atoms with Crippen LogP contribution in [0.25, 0.3) is 0 Å². The Morgan fingerprint density at radius 1 is 1.39 bits per heavy atom. The Balaban J connectivity index is 2.26. The van der Waals surface area contributed by atoms with Gasteiger partial charge in [0.05, 0.1) is 0 Å². The van der Waals surface area contributed by atoms with Gasteiger partial charge >= 0.3 is 12.0 Å². The molecule has 104 valence electrons. The van der Waals surface area contributed by atoms with Crippen molar-refractivity contribution in [2.75, 3.05) is 6.54 Å². The van der Waals surface area contributed by atoms with E-state index in [1.54, 1.807) is 0 Å². The minimum Gasteiger partial charge on any atom is -0.481 e. The average molecular weight is 256 g/mol. The molecule has 0 spiro atoms. The quantitative estimate of drug-likeness (QED) is 0.650. The van der Waals surface area contributed by atoms with Gasteiger partial charge in [-0.25, -0.2) is 4.79 Å². The largest absolute Gasteiger partial charge is 0.481 e. The number of carbonyl (C=O) groups is 2. The molecule has 18 heavy (non-hydrogen) atoms. The van der Waals surface area contributed by atoms with Crippen LogP contribution in [0.4, 0.5) is 4.79 Å². The van der Waals surface area contributed by atoms with Crippen molar-refractivity contribution >= 4 is 12.0 Å². The van der Waals surface area contributed by atoms with E-state index in [9.17, 15) is 9.59 Å². The predicted molar refractivity (Wildman–Crippen MR) is 69.3 cm³/mol. The van der Waals surface area contributed by atoms with Crippen LogP contribution >= 0.6 is 0 Å². The minimum absolute atomic E-state index is 0.00452. The molecular weight excluding hydrogens is 232 g/mol. The van der Waals surface area contributed by atoms with Crippen LogP contribution in [0.15, 0.2) is 0 Å². The van der Waals surface area contributed by atoms with Gasteiger partial charge in [-0.2, -0.15) is 0 Å². The summed E-state index contributed by atoms with van der Waals surface area (Å²) in [5.41, 5.74) is 0. The lowest BCUT2D eigenvalue weighted by Crippen LogP contribution is -2.40. The number of amides is 2. The standard InChI is InChI=1S/C13H24N2O3/c1-8(2)4-10(6-12(16)17)7-14-13(18)15-11-5-9(11)3/h8-11H,4-7H2,1-3H3,(H,16,17)(H2,14,15,18). The second kappa shape index (κ2) is 6.61. The third kappa shape index (κ3) is 5.89. The van der Waals surface area contributed by atoms with E-state index in [1.807, 2.05) is 0 Å². The zero-order valence-electron chi connectivity index (χ0n) is 11.4. The Labute approximate surface area is 108 Å². The fourth-order valence-corrected chi connectivity index (χ4v) is 2.13. The zero-order valence-corrected chi connectivity index (χ0v) is 11.4. The molecule has 0 aromatic heterocycles. The van der Waals surface area contributed by atoms with E-state index in [0.717, 1.165) is 12.8 Å². The first-order valence-corrected chi connectivity index (χ1v) is 6.64. The summed E-state index contributed by atoms with van der Waals surface area (Å²) >= 11 is 0. The van der Waals surface area contributed by atoms with Gasteiger partial charge in [0.25, 0.3) is 0 Å². The molecule has 0 heterocycles. The Morgan fingerprint density at radius 2 is 2.00 bits per heavy atom. The molecule has 0 radical (unpaired) electrons. The highest BCUT2D eigenvalue weighted by Gasteiger charge is 2.33. The van der Waals surface area contributed by atoms with Crippen LogP contribution in [-0.4, -0.2) is 29.7 Å². The van der Waals surface area contributed by atoms with E-state index in [2.05, 4.69) is 31.4 Å². The van der Waals surface area contributed by atoms with Gasteiger partial charge < -0.3 is 15.7 Å². The Kier molecular flexibility index (Phi) is 5.44. The predicted octanol–water partition coefficient (Wildman–Crippen LogP) is 1.83. The van der Waals surface area contributed by atoms with E-state index in [4.69, 9.17) is 5.11 Å². The minimum atomic E-state index is -0.807. The van der Waals surface area contributed by atoms with Crippen molar-refractivity contribution in [3.8, 4) is 0 Å². The first-order chi connectivity index (χ1) is 8.38. The molecule has 0 aromatic carbocycles. The lowest BCUT2D eigenvalue weighted by Gasteiger charge is -2.18. The van der Waals surface area contributed by atoms with Gasteiger partial charge in [0.2, 0.25) is 0 Å². The number of carboxylic acid groups (broad SMARTS) is 1. The van der Waals surface area contributed by atoms with Gasteiger partial charge in [-0.1, -0.05) is 20.8 Å². The van der Waals surface area contributed by atoms with Crippen molar-refractivity contribution in [3.05, 3.63) is 0 Å². The van der Waals surface area contributed by atoms with Gasteiger partial charge in [-0.15, -0.1) is 0 Å². The van der Waals surface area contributed by atoms with E-state index in [0.29, 0.717) is 24.4 Å². The van der Waals surface area contributed by atoms with Gasteiger partial charge in [0, 0.05) is 19.0 Å². The third-order valence-corrected chi connectivity index (χ3v) is 3.25. The summed E-state index contributed by atoms with van der Waals surface area (Å²) in [6.07, 6.45) is 1.96. The van der Waals surface area contributed by atoms with Crippen LogP contribution in [-0.2, 0) is 4.79 Å². The molecule has 1 saturated carbocycles. The SMILES string of the molecule is CC(C)CC(CNC(=O)NC1CC1C)CC(=O)O. The van der Waals surface area contributed by atoms with Gasteiger partial charge in [-0.05, 0) is 30.6 Å². The highest BCUT2D eigenvalue weighted by Crippen LogP contribution is 2.28. The molecule has 1 aliphatic rings. The summed E-state index contributed by atoms with van der Waals surface area (Å²) in [6.45, 7) is 6.63. The number of carbonyl (C=O) groups excluding carboxylic acids is 1. The van der Waals surface area contributed by atoms with Crippen molar-refractivity contribution in [2.24, 2.45) is 17.8 Å². The molecule has 5 nitrogen and oxygen atoms in total. The summed E-state index contributed by atoms with van der Waals surface area (Å²) in [7, 11) is 0. The molecule has 5 heteroatoms. The third-order valence-electron chi connectivity index (χ3n) is 3.25. The topological polar surface area (TPSA) is 78.4 Å². The molecule has 3 atom stereocenters. The summed E-state index contributed by atoms with van der Waals surface area (Å²) in [4.78, 5) is 22.3. The fourth-order valence-electron chi connectivity index (χ4n) is 2.13. The van der Waals surface area contributed by atoms with Crippen LogP contribution in [0.5, 0.6) is 0 Å². The van der Waals surface area contributed by atoms with Crippen LogP contribution in [0.1, 0.15) is 40.0 Å². The highest BCUT2D eigenvalue weighted by molar-refractivity contribution is 5.74. The number of urea groups is 1. The Bertz CT molecular complexity index is 305. The highest BCUT2D eigenvalue weighted by atomic mass is 16.4. The first kappa shape index (κ1) is 14.8. The van der Waals surface area contributed by atoms with E-state index in [1.165, 1.54) is 0 Å². The molecule has 1 fully saturated rings. The van der Waals surface area contributed by atoms with Crippen molar-refractivity contribution < 1.29 is 14.7 Å². The van der Waals surface area contributed by atoms with E-state index < -0.39 is 5.97 Å². The number of nitrogens with one attached hydrogen (secondary N) is 2. The molecule has 0 aliphatic heterocycles. The molecule has 3 N–H and O–H groups in total. The van der Waals surface area contributed by atoms with E-state index >= 15 is 0 Å². The zero-order chi connectivity index (χ0) is 13.7. The molecular formula is C13H24N2O3. The molecule has 0 aromatic rings. The average Bonchev–Trinajstić information content (AvgIpc) is 2.89. The second-order valence-corrected chi connectivity index (χ2v) is 5.77. The van der Waals surface area contributed by atoms with Gasteiger partial charge in [-0.3, -0.25) is 4.79 Å². The van der Waals surface area contributed by atoms with Crippen molar-refractivity contribution in [1.82, 2.24) is 10.6 Å². The maximum atomic E-state index is 11.5. The van der Waals surface area contributed by atoms with Gasteiger partial charge in [0.1, 0.15) is 0 Å². The Hall–Kier alpha value is -1.26. The van der Waals surface area contributed by atoms with Crippen molar-refractivity contribution in [1.29, 1.82) is 0 Å². The van der Waals surface area contributed by atoms with Crippen LogP contribution in [0.2, 0.25) is 0 Å². The number of carboxylic acids is 1. The molecule has 2 amide bonds. The molecule has 0 bridgehead atoms. The second-order valence-electron chi connectivity index (χ2n) is 5.77. The summed E-state index contributed by atoms with van der Waals surface area (Å²) in [5, 5.41) is 14.5. The monoisotopic (exact) mass is 256 g/mol. The first-order valence-electron chi connectivity index (χ1n) is 6.64. The van der Waals surface area contributed by atoms with Crippen molar-refractivity contribution in [3.63, 3.8) is 0 Å².